The molecule has 2 N–H and O–H groups in total. The Morgan fingerprint density at radius 3 is 1.93 bits per heavy atom. The first kappa shape index (κ1) is 19.9. The second-order valence-corrected chi connectivity index (χ2v) is 6.47. The van der Waals surface area contributed by atoms with Crippen LogP contribution in [-0.4, -0.2) is 28.8 Å². The molecule has 1 atom stereocenters. The summed E-state index contributed by atoms with van der Waals surface area (Å²) >= 11 is 0. The molecule has 0 aromatic heterocycles. The van der Waals surface area contributed by atoms with E-state index in [4.69, 9.17) is 0 Å². The number of amides is 1. The first-order valence-electron chi connectivity index (χ1n) is 8.92. The fraction of sp³-hybridized carbons (Fsp3) is 0.0870. The van der Waals surface area contributed by atoms with Crippen molar-refractivity contribution < 1.29 is 23.9 Å². The Kier molecular flexibility index (Phi) is 6.14. The van der Waals surface area contributed by atoms with E-state index in [2.05, 4.69) is 5.32 Å². The number of benzene rings is 3. The van der Waals surface area contributed by atoms with E-state index in [1.807, 2.05) is 6.07 Å². The molecule has 3 aromatic rings. The Bertz CT molecular complexity index is 1020. The highest BCUT2D eigenvalue weighted by Crippen LogP contribution is 2.13. The third kappa shape index (κ3) is 5.13. The lowest BCUT2D eigenvalue weighted by Crippen LogP contribution is -2.42. The van der Waals surface area contributed by atoms with E-state index < -0.39 is 23.7 Å². The first-order chi connectivity index (χ1) is 13.9. The molecule has 0 aliphatic carbocycles. The van der Waals surface area contributed by atoms with E-state index in [-0.39, 0.29) is 17.8 Å². The fourth-order valence-corrected chi connectivity index (χ4v) is 2.83. The molecule has 6 heteroatoms. The molecular formula is C23H18FNO4. The normalized spacial score (nSPS) is 11.5. The van der Waals surface area contributed by atoms with Crippen LogP contribution in [0.25, 0.3) is 0 Å². The van der Waals surface area contributed by atoms with Gasteiger partial charge >= 0.3 is 5.97 Å². The monoisotopic (exact) mass is 391 g/mol. The maximum atomic E-state index is 13.0. The zero-order valence-corrected chi connectivity index (χ0v) is 15.3. The molecule has 3 rings (SSSR count). The van der Waals surface area contributed by atoms with E-state index in [9.17, 15) is 23.9 Å². The molecule has 5 nitrogen and oxygen atoms in total. The largest absolute Gasteiger partial charge is 0.480 e. The standard InChI is InChI=1S/C23H18FNO4/c24-19-12-10-18(11-13-19)22(27)25-20(23(28)29)14-15-6-8-17(9-7-15)21(26)16-4-2-1-3-5-16/h1-13,20H,14H2,(H,25,27)(H,28,29)/t20-/m1/s1. The van der Waals surface area contributed by atoms with Crippen molar-refractivity contribution in [3.05, 3.63) is 107 Å². The van der Waals surface area contributed by atoms with Crippen molar-refractivity contribution in [2.75, 3.05) is 0 Å². The van der Waals surface area contributed by atoms with Gasteiger partial charge in [-0.2, -0.15) is 0 Å². The van der Waals surface area contributed by atoms with Crippen LogP contribution in [0.2, 0.25) is 0 Å². The summed E-state index contributed by atoms with van der Waals surface area (Å²) in [4.78, 5) is 36.2. The first-order valence-corrected chi connectivity index (χ1v) is 8.92. The van der Waals surface area contributed by atoms with Crippen LogP contribution in [0.1, 0.15) is 31.8 Å². The molecule has 0 spiro atoms. The van der Waals surface area contributed by atoms with E-state index in [0.717, 1.165) is 12.1 Å². The number of nitrogens with one attached hydrogen (secondary N) is 1. The van der Waals surface area contributed by atoms with Gasteiger partial charge in [-0.3, -0.25) is 9.59 Å². The maximum absolute atomic E-state index is 13.0. The Morgan fingerprint density at radius 1 is 0.793 bits per heavy atom. The number of aliphatic carboxylic acids is 1. The second-order valence-electron chi connectivity index (χ2n) is 6.47. The zero-order chi connectivity index (χ0) is 20.8. The molecule has 0 aliphatic rings. The van der Waals surface area contributed by atoms with Crippen molar-refractivity contribution in [3.63, 3.8) is 0 Å². The molecule has 0 unspecified atom stereocenters. The Balaban J connectivity index is 1.69. The maximum Gasteiger partial charge on any atom is 0.326 e. The zero-order valence-electron chi connectivity index (χ0n) is 15.3. The van der Waals surface area contributed by atoms with Crippen molar-refractivity contribution in [1.82, 2.24) is 5.32 Å². The van der Waals surface area contributed by atoms with E-state index in [0.29, 0.717) is 16.7 Å². The van der Waals surface area contributed by atoms with Gasteiger partial charge in [-0.25, -0.2) is 9.18 Å². The molecule has 0 aliphatic heterocycles. The predicted octanol–water partition coefficient (Wildman–Crippen LogP) is 3.48. The van der Waals surface area contributed by atoms with Crippen molar-refractivity contribution in [1.29, 1.82) is 0 Å². The SMILES string of the molecule is O=C(N[C@H](Cc1ccc(C(=O)c2ccccc2)cc1)C(=O)O)c1ccc(F)cc1. The van der Waals surface area contributed by atoms with E-state index >= 15 is 0 Å². The van der Waals surface area contributed by atoms with Gasteiger partial charge < -0.3 is 10.4 Å². The number of halogens is 1. The van der Waals surface area contributed by atoms with Crippen LogP contribution >= 0.6 is 0 Å². The summed E-state index contributed by atoms with van der Waals surface area (Å²) in [5, 5.41) is 11.9. The molecule has 146 valence electrons. The number of hydrogen-bond acceptors (Lipinski definition) is 3. The predicted molar refractivity (Wildman–Crippen MR) is 105 cm³/mol. The summed E-state index contributed by atoms with van der Waals surface area (Å²) in [6, 6.07) is 19.1. The molecule has 0 radical (unpaired) electrons. The molecular weight excluding hydrogens is 373 g/mol. The van der Waals surface area contributed by atoms with Gasteiger partial charge in [0.2, 0.25) is 0 Å². The number of carboxylic acids is 1. The van der Waals surface area contributed by atoms with Crippen LogP contribution in [0, 0.1) is 5.82 Å². The average molecular weight is 391 g/mol. The van der Waals surface area contributed by atoms with Gasteiger partial charge in [0.1, 0.15) is 11.9 Å². The fourth-order valence-electron chi connectivity index (χ4n) is 2.83. The van der Waals surface area contributed by atoms with Gasteiger partial charge in [0, 0.05) is 23.1 Å². The number of hydrogen-bond donors (Lipinski definition) is 2. The minimum atomic E-state index is -1.19. The number of carbonyl (C=O) groups excluding carboxylic acids is 2. The Morgan fingerprint density at radius 2 is 1.34 bits per heavy atom. The van der Waals surface area contributed by atoms with Crippen molar-refractivity contribution in [3.8, 4) is 0 Å². The molecule has 0 saturated carbocycles. The van der Waals surface area contributed by atoms with Gasteiger partial charge in [-0.1, -0.05) is 54.6 Å². The smallest absolute Gasteiger partial charge is 0.326 e. The van der Waals surface area contributed by atoms with Gasteiger partial charge in [-0.05, 0) is 29.8 Å². The molecule has 1 amide bonds. The molecule has 0 fully saturated rings. The third-order valence-corrected chi connectivity index (χ3v) is 4.40. The Hall–Kier alpha value is -3.80. The number of rotatable bonds is 7. The summed E-state index contributed by atoms with van der Waals surface area (Å²) in [6.45, 7) is 0. The van der Waals surface area contributed by atoms with Gasteiger partial charge in [0.25, 0.3) is 5.91 Å². The Labute approximate surface area is 166 Å². The highest BCUT2D eigenvalue weighted by atomic mass is 19.1. The summed E-state index contributed by atoms with van der Waals surface area (Å²) in [6.07, 6.45) is 0.0437. The molecule has 0 bridgehead atoms. The molecule has 0 saturated heterocycles. The number of ketones is 1. The highest BCUT2D eigenvalue weighted by molar-refractivity contribution is 6.08. The summed E-state index contributed by atoms with van der Waals surface area (Å²) in [5.74, 6) is -2.41. The molecule has 3 aromatic carbocycles. The average Bonchev–Trinajstić information content (AvgIpc) is 2.74. The van der Waals surface area contributed by atoms with Crippen LogP contribution in [0.15, 0.2) is 78.9 Å². The van der Waals surface area contributed by atoms with Crippen molar-refractivity contribution in [2.24, 2.45) is 0 Å². The number of carboxylic acid groups (broad SMARTS) is 1. The second kappa shape index (κ2) is 8.93. The molecule has 29 heavy (non-hydrogen) atoms. The van der Waals surface area contributed by atoms with Crippen LogP contribution < -0.4 is 5.32 Å². The third-order valence-electron chi connectivity index (χ3n) is 4.40. The van der Waals surface area contributed by atoms with Crippen LogP contribution in [0.4, 0.5) is 4.39 Å². The minimum Gasteiger partial charge on any atom is -0.480 e. The highest BCUT2D eigenvalue weighted by Gasteiger charge is 2.21. The lowest BCUT2D eigenvalue weighted by Gasteiger charge is -2.15. The topological polar surface area (TPSA) is 83.5 Å². The lowest BCUT2D eigenvalue weighted by atomic mass is 9.99. The number of carbonyl (C=O) groups is 3. The van der Waals surface area contributed by atoms with Crippen LogP contribution in [0.3, 0.4) is 0 Å². The van der Waals surface area contributed by atoms with E-state index in [1.165, 1.54) is 12.1 Å². The van der Waals surface area contributed by atoms with E-state index in [1.54, 1.807) is 48.5 Å². The lowest BCUT2D eigenvalue weighted by molar-refractivity contribution is -0.139. The van der Waals surface area contributed by atoms with Crippen LogP contribution in [-0.2, 0) is 11.2 Å². The van der Waals surface area contributed by atoms with Gasteiger partial charge in [0.05, 0.1) is 0 Å². The van der Waals surface area contributed by atoms with Gasteiger partial charge in [-0.15, -0.1) is 0 Å². The molecule has 0 heterocycles. The van der Waals surface area contributed by atoms with Crippen LogP contribution in [0.5, 0.6) is 0 Å². The summed E-state index contributed by atoms with van der Waals surface area (Å²) < 4.78 is 13.0. The van der Waals surface area contributed by atoms with Crippen molar-refractivity contribution in [2.45, 2.75) is 12.5 Å². The van der Waals surface area contributed by atoms with Crippen molar-refractivity contribution >= 4 is 17.7 Å². The quantitative estimate of drug-likeness (QED) is 0.604. The summed E-state index contributed by atoms with van der Waals surface area (Å²) in [5.41, 5.74) is 1.88. The minimum absolute atomic E-state index is 0.0437. The summed E-state index contributed by atoms with van der Waals surface area (Å²) in [7, 11) is 0. The van der Waals surface area contributed by atoms with Gasteiger partial charge in [0.15, 0.2) is 5.78 Å².